The molecule has 7 heteroatoms. The van der Waals surface area contributed by atoms with Gasteiger partial charge in [-0.2, -0.15) is 0 Å². The number of hydrogen-bond acceptors (Lipinski definition) is 5. The van der Waals surface area contributed by atoms with Gasteiger partial charge in [-0.3, -0.25) is 0 Å². The van der Waals surface area contributed by atoms with Crippen molar-refractivity contribution in [1.82, 2.24) is 19.5 Å². The maximum absolute atomic E-state index is 5.76. The van der Waals surface area contributed by atoms with Crippen LogP contribution in [0.5, 0.6) is 5.75 Å². The monoisotopic (exact) mass is 347 g/mol. The third kappa shape index (κ3) is 3.13. The summed E-state index contributed by atoms with van der Waals surface area (Å²) in [6.07, 6.45) is 4.03. The molecule has 0 atom stereocenters. The minimum absolute atomic E-state index is 0.407. The Balaban J connectivity index is 1.59. The number of anilines is 1. The SMILES string of the molecule is Nc1ncnc2c1ncn2CCCOc1cccc(Br)c1. The number of halogens is 1. The molecule has 3 aromatic rings. The van der Waals surface area contributed by atoms with Gasteiger partial charge in [0.15, 0.2) is 11.5 Å². The highest BCUT2D eigenvalue weighted by atomic mass is 79.9. The first-order chi connectivity index (χ1) is 10.2. The molecule has 0 fully saturated rings. The number of nitrogens with two attached hydrogens (primary N) is 1. The summed E-state index contributed by atoms with van der Waals surface area (Å²) < 4.78 is 8.66. The molecule has 0 aliphatic heterocycles. The lowest BCUT2D eigenvalue weighted by atomic mass is 10.3. The second kappa shape index (κ2) is 6.09. The maximum atomic E-state index is 5.76. The molecule has 0 spiro atoms. The summed E-state index contributed by atoms with van der Waals surface area (Å²) in [7, 11) is 0. The van der Waals surface area contributed by atoms with Crippen LogP contribution in [0, 0.1) is 0 Å². The number of aromatic nitrogens is 4. The fraction of sp³-hybridized carbons (Fsp3) is 0.214. The highest BCUT2D eigenvalue weighted by Crippen LogP contribution is 2.18. The molecule has 0 saturated heterocycles. The molecule has 2 heterocycles. The molecule has 0 radical (unpaired) electrons. The van der Waals surface area contributed by atoms with Crippen molar-refractivity contribution >= 4 is 32.9 Å². The highest BCUT2D eigenvalue weighted by molar-refractivity contribution is 9.10. The largest absolute Gasteiger partial charge is 0.493 e. The van der Waals surface area contributed by atoms with Crippen LogP contribution < -0.4 is 10.5 Å². The van der Waals surface area contributed by atoms with E-state index in [1.807, 2.05) is 28.8 Å². The van der Waals surface area contributed by atoms with E-state index in [1.165, 1.54) is 6.33 Å². The van der Waals surface area contributed by atoms with Gasteiger partial charge in [0.05, 0.1) is 12.9 Å². The van der Waals surface area contributed by atoms with Gasteiger partial charge in [0.2, 0.25) is 0 Å². The summed E-state index contributed by atoms with van der Waals surface area (Å²) >= 11 is 3.42. The molecular formula is C14H14BrN5O. The molecular weight excluding hydrogens is 334 g/mol. The molecule has 0 saturated carbocycles. The van der Waals surface area contributed by atoms with Gasteiger partial charge in [-0.1, -0.05) is 22.0 Å². The number of nitrogen functional groups attached to an aromatic ring is 1. The Bertz CT molecular complexity index is 758. The molecule has 0 aliphatic carbocycles. The molecule has 1 aromatic carbocycles. The molecule has 108 valence electrons. The Kier molecular flexibility index (Phi) is 4.01. The van der Waals surface area contributed by atoms with E-state index in [0.717, 1.165) is 28.8 Å². The summed E-state index contributed by atoms with van der Waals surface area (Å²) in [5.74, 6) is 1.26. The van der Waals surface area contributed by atoms with E-state index in [2.05, 4.69) is 30.9 Å². The smallest absolute Gasteiger partial charge is 0.165 e. The van der Waals surface area contributed by atoms with Gasteiger partial charge in [0.1, 0.15) is 17.6 Å². The number of fused-ring (bicyclic) bond motifs is 1. The topological polar surface area (TPSA) is 78.9 Å². The van der Waals surface area contributed by atoms with Crippen LogP contribution in [0.2, 0.25) is 0 Å². The van der Waals surface area contributed by atoms with Crippen LogP contribution >= 0.6 is 15.9 Å². The lowest BCUT2D eigenvalue weighted by Crippen LogP contribution is -2.04. The van der Waals surface area contributed by atoms with Gasteiger partial charge in [0, 0.05) is 11.0 Å². The summed E-state index contributed by atoms with van der Waals surface area (Å²) in [6, 6.07) is 7.79. The number of hydrogen-bond donors (Lipinski definition) is 1. The van der Waals surface area contributed by atoms with E-state index in [9.17, 15) is 0 Å². The second-order valence-electron chi connectivity index (χ2n) is 4.53. The van der Waals surface area contributed by atoms with Gasteiger partial charge in [-0.05, 0) is 24.6 Å². The van der Waals surface area contributed by atoms with Gasteiger partial charge in [-0.15, -0.1) is 0 Å². The Morgan fingerprint density at radius 2 is 2.14 bits per heavy atom. The third-order valence-corrected chi connectivity index (χ3v) is 3.53. The third-order valence-electron chi connectivity index (χ3n) is 3.04. The quantitative estimate of drug-likeness (QED) is 0.717. The van der Waals surface area contributed by atoms with E-state index in [4.69, 9.17) is 10.5 Å². The Hall–Kier alpha value is -2.15. The van der Waals surface area contributed by atoms with Crippen molar-refractivity contribution in [2.45, 2.75) is 13.0 Å². The maximum Gasteiger partial charge on any atom is 0.165 e. The van der Waals surface area contributed by atoms with E-state index in [1.54, 1.807) is 6.33 Å². The fourth-order valence-corrected chi connectivity index (χ4v) is 2.42. The summed E-state index contributed by atoms with van der Waals surface area (Å²) in [4.78, 5) is 12.4. The van der Waals surface area contributed by atoms with Crippen molar-refractivity contribution in [3.8, 4) is 5.75 Å². The predicted octanol–water partition coefficient (Wildman–Crippen LogP) is 2.64. The zero-order valence-electron chi connectivity index (χ0n) is 11.2. The molecule has 6 nitrogen and oxygen atoms in total. The average Bonchev–Trinajstić information content (AvgIpc) is 2.88. The van der Waals surface area contributed by atoms with Crippen molar-refractivity contribution < 1.29 is 4.74 Å². The van der Waals surface area contributed by atoms with E-state index in [-0.39, 0.29) is 0 Å². The lowest BCUT2D eigenvalue weighted by molar-refractivity contribution is 0.302. The first kappa shape index (κ1) is 13.8. The molecule has 0 bridgehead atoms. The Morgan fingerprint density at radius 3 is 3.00 bits per heavy atom. The number of benzene rings is 1. The van der Waals surface area contributed by atoms with Crippen LogP contribution in [0.3, 0.4) is 0 Å². The minimum atomic E-state index is 0.407. The van der Waals surface area contributed by atoms with Gasteiger partial charge >= 0.3 is 0 Å². The summed E-state index contributed by atoms with van der Waals surface area (Å²) in [5.41, 5.74) is 7.16. The molecule has 0 unspecified atom stereocenters. The van der Waals surface area contributed by atoms with Gasteiger partial charge in [-0.25, -0.2) is 15.0 Å². The Labute approximate surface area is 130 Å². The van der Waals surface area contributed by atoms with Crippen LogP contribution in [-0.4, -0.2) is 26.1 Å². The van der Waals surface area contributed by atoms with Crippen molar-refractivity contribution in [2.75, 3.05) is 12.3 Å². The van der Waals surface area contributed by atoms with Crippen LogP contribution in [0.4, 0.5) is 5.82 Å². The number of rotatable bonds is 5. The summed E-state index contributed by atoms with van der Waals surface area (Å²) in [6.45, 7) is 1.39. The number of ether oxygens (including phenoxy) is 1. The van der Waals surface area contributed by atoms with Crippen LogP contribution in [-0.2, 0) is 6.54 Å². The second-order valence-corrected chi connectivity index (χ2v) is 5.44. The average molecular weight is 348 g/mol. The van der Waals surface area contributed by atoms with Crippen LogP contribution in [0.15, 0.2) is 41.4 Å². The van der Waals surface area contributed by atoms with E-state index < -0.39 is 0 Å². The standard InChI is InChI=1S/C14H14BrN5O/c15-10-3-1-4-11(7-10)21-6-2-5-20-9-19-12-13(16)17-8-18-14(12)20/h1,3-4,7-9H,2,5-6H2,(H2,16,17,18). The molecule has 21 heavy (non-hydrogen) atoms. The zero-order chi connectivity index (χ0) is 14.7. The lowest BCUT2D eigenvalue weighted by Gasteiger charge is -2.07. The number of imidazole rings is 1. The molecule has 2 N–H and O–H groups in total. The molecule has 0 amide bonds. The van der Waals surface area contributed by atoms with Crippen molar-refractivity contribution in [1.29, 1.82) is 0 Å². The normalized spacial score (nSPS) is 10.9. The van der Waals surface area contributed by atoms with Gasteiger partial charge in [0.25, 0.3) is 0 Å². The van der Waals surface area contributed by atoms with Crippen LogP contribution in [0.1, 0.15) is 6.42 Å². The molecule has 0 aliphatic rings. The van der Waals surface area contributed by atoms with E-state index >= 15 is 0 Å². The van der Waals surface area contributed by atoms with Crippen molar-refractivity contribution in [3.63, 3.8) is 0 Å². The van der Waals surface area contributed by atoms with E-state index in [0.29, 0.717) is 17.9 Å². The first-order valence-electron chi connectivity index (χ1n) is 6.54. The molecule has 2 aromatic heterocycles. The predicted molar refractivity (Wildman–Crippen MR) is 84.0 cm³/mol. The Morgan fingerprint density at radius 1 is 1.24 bits per heavy atom. The number of nitrogens with zero attached hydrogens (tertiary/aromatic N) is 4. The van der Waals surface area contributed by atoms with Crippen molar-refractivity contribution in [2.24, 2.45) is 0 Å². The van der Waals surface area contributed by atoms with Crippen LogP contribution in [0.25, 0.3) is 11.2 Å². The van der Waals surface area contributed by atoms with Gasteiger partial charge < -0.3 is 15.0 Å². The minimum Gasteiger partial charge on any atom is -0.493 e. The zero-order valence-corrected chi connectivity index (χ0v) is 12.8. The fourth-order valence-electron chi connectivity index (χ4n) is 2.04. The number of aryl methyl sites for hydroxylation is 1. The molecule has 3 rings (SSSR count). The summed E-state index contributed by atoms with van der Waals surface area (Å²) in [5, 5.41) is 0. The van der Waals surface area contributed by atoms with Crippen molar-refractivity contribution in [3.05, 3.63) is 41.4 Å². The highest BCUT2D eigenvalue weighted by Gasteiger charge is 2.07. The first-order valence-corrected chi connectivity index (χ1v) is 7.33.